The van der Waals surface area contributed by atoms with Crippen LogP contribution in [0.3, 0.4) is 0 Å². The first-order chi connectivity index (χ1) is 9.94. The molecular formula is C16H22BrIN2O. The van der Waals surface area contributed by atoms with Crippen LogP contribution in [0.5, 0.6) is 0 Å². The van der Waals surface area contributed by atoms with E-state index in [4.69, 9.17) is 0 Å². The summed E-state index contributed by atoms with van der Waals surface area (Å²) in [6, 6.07) is 5.84. The molecule has 0 heterocycles. The number of benzene rings is 1. The number of rotatable bonds is 4. The zero-order valence-corrected chi connectivity index (χ0v) is 16.3. The van der Waals surface area contributed by atoms with Gasteiger partial charge in [-0.1, -0.05) is 19.3 Å². The molecule has 116 valence electrons. The second-order valence-corrected chi connectivity index (χ2v) is 8.09. The fourth-order valence-electron chi connectivity index (χ4n) is 3.00. The topological polar surface area (TPSA) is 32.3 Å². The van der Waals surface area contributed by atoms with E-state index in [1.54, 1.807) is 0 Å². The molecule has 0 aliphatic heterocycles. The number of carbonyl (C=O) groups excluding carboxylic acids is 1. The highest BCUT2D eigenvalue weighted by atomic mass is 127. The Labute approximate surface area is 149 Å². The van der Waals surface area contributed by atoms with Gasteiger partial charge in [0.1, 0.15) is 0 Å². The molecule has 0 spiro atoms. The Morgan fingerprint density at radius 2 is 2.00 bits per heavy atom. The molecule has 0 atom stereocenters. The van der Waals surface area contributed by atoms with Gasteiger partial charge >= 0.3 is 0 Å². The van der Waals surface area contributed by atoms with Crippen molar-refractivity contribution in [2.75, 3.05) is 20.6 Å². The van der Waals surface area contributed by atoms with Gasteiger partial charge < -0.3 is 10.2 Å². The molecule has 2 rings (SSSR count). The molecule has 0 bridgehead atoms. The summed E-state index contributed by atoms with van der Waals surface area (Å²) >= 11 is 5.70. The number of hydrogen-bond donors (Lipinski definition) is 1. The van der Waals surface area contributed by atoms with Crippen LogP contribution in [0.1, 0.15) is 42.5 Å². The second-order valence-electron chi connectivity index (χ2n) is 5.99. The zero-order chi connectivity index (χ0) is 15.5. The highest BCUT2D eigenvalue weighted by molar-refractivity contribution is 14.1. The van der Waals surface area contributed by atoms with E-state index >= 15 is 0 Å². The number of amides is 1. The minimum absolute atomic E-state index is 0.00666. The molecule has 0 saturated heterocycles. The molecule has 1 amide bonds. The van der Waals surface area contributed by atoms with Crippen LogP contribution in [0.15, 0.2) is 22.7 Å². The Hall–Kier alpha value is -0.140. The molecule has 1 aliphatic rings. The summed E-state index contributed by atoms with van der Waals surface area (Å²) in [4.78, 5) is 14.8. The lowest BCUT2D eigenvalue weighted by Crippen LogP contribution is -2.53. The minimum Gasteiger partial charge on any atom is -0.350 e. The minimum atomic E-state index is 0.00666. The van der Waals surface area contributed by atoms with E-state index in [9.17, 15) is 4.79 Å². The number of nitrogens with zero attached hydrogens (tertiary/aromatic N) is 1. The molecule has 3 nitrogen and oxygen atoms in total. The van der Waals surface area contributed by atoms with Crippen molar-refractivity contribution in [3.63, 3.8) is 0 Å². The van der Waals surface area contributed by atoms with Gasteiger partial charge in [-0.05, 0) is 83.7 Å². The predicted octanol–water partition coefficient (Wildman–Crippen LogP) is 4.05. The Morgan fingerprint density at radius 3 is 2.62 bits per heavy atom. The maximum Gasteiger partial charge on any atom is 0.252 e. The first kappa shape index (κ1) is 17.2. The fraction of sp³-hybridized carbons (Fsp3) is 0.562. The van der Waals surface area contributed by atoms with E-state index in [0.29, 0.717) is 5.56 Å². The van der Waals surface area contributed by atoms with E-state index in [0.717, 1.165) is 27.4 Å². The fourth-order valence-corrected chi connectivity index (χ4v) is 3.92. The second kappa shape index (κ2) is 7.42. The third-order valence-electron chi connectivity index (χ3n) is 4.48. The molecule has 1 aromatic rings. The maximum absolute atomic E-state index is 12.5. The molecule has 1 fully saturated rings. The van der Waals surface area contributed by atoms with E-state index < -0.39 is 0 Å². The normalized spacial score (nSPS) is 17.8. The zero-order valence-electron chi connectivity index (χ0n) is 12.6. The van der Waals surface area contributed by atoms with Gasteiger partial charge in [-0.3, -0.25) is 4.79 Å². The Bertz CT molecular complexity index is 513. The van der Waals surface area contributed by atoms with Crippen LogP contribution in [-0.4, -0.2) is 37.0 Å². The van der Waals surface area contributed by atoms with Gasteiger partial charge in [-0.25, -0.2) is 0 Å². The van der Waals surface area contributed by atoms with Crippen LogP contribution < -0.4 is 5.32 Å². The van der Waals surface area contributed by atoms with E-state index in [1.807, 2.05) is 18.2 Å². The largest absolute Gasteiger partial charge is 0.350 e. The number of halogens is 2. The lowest BCUT2D eigenvalue weighted by molar-refractivity contribution is 0.0799. The van der Waals surface area contributed by atoms with Crippen molar-refractivity contribution >= 4 is 44.4 Å². The van der Waals surface area contributed by atoms with E-state index in [1.165, 1.54) is 19.3 Å². The quantitative estimate of drug-likeness (QED) is 0.681. The van der Waals surface area contributed by atoms with Gasteiger partial charge in [0.25, 0.3) is 5.91 Å². The van der Waals surface area contributed by atoms with Crippen LogP contribution in [0.4, 0.5) is 0 Å². The summed E-state index contributed by atoms with van der Waals surface area (Å²) in [5.41, 5.74) is 0.828. The first-order valence-electron chi connectivity index (χ1n) is 7.35. The molecule has 0 unspecified atom stereocenters. The molecule has 1 N–H and O–H groups in total. The Kier molecular flexibility index (Phi) is 6.08. The van der Waals surface area contributed by atoms with Crippen molar-refractivity contribution in [2.24, 2.45) is 0 Å². The number of hydrogen-bond acceptors (Lipinski definition) is 2. The molecule has 1 saturated carbocycles. The van der Waals surface area contributed by atoms with Crippen LogP contribution in [0, 0.1) is 3.57 Å². The summed E-state index contributed by atoms with van der Waals surface area (Å²) in [5.74, 6) is 0.00666. The highest BCUT2D eigenvalue weighted by Crippen LogP contribution is 2.31. The van der Waals surface area contributed by atoms with Gasteiger partial charge in [-0.2, -0.15) is 0 Å². The van der Waals surface area contributed by atoms with Crippen molar-refractivity contribution in [3.05, 3.63) is 31.8 Å². The summed E-state index contributed by atoms with van der Waals surface area (Å²) < 4.78 is 1.92. The van der Waals surface area contributed by atoms with Gasteiger partial charge in [0.2, 0.25) is 0 Å². The van der Waals surface area contributed by atoms with Gasteiger partial charge in [-0.15, -0.1) is 0 Å². The molecule has 21 heavy (non-hydrogen) atoms. The smallest absolute Gasteiger partial charge is 0.252 e. The highest BCUT2D eigenvalue weighted by Gasteiger charge is 2.34. The third kappa shape index (κ3) is 4.20. The Balaban J connectivity index is 2.07. The molecule has 5 heteroatoms. The van der Waals surface area contributed by atoms with E-state index in [-0.39, 0.29) is 11.4 Å². The van der Waals surface area contributed by atoms with Crippen molar-refractivity contribution in [1.29, 1.82) is 0 Å². The van der Waals surface area contributed by atoms with Crippen LogP contribution in [0.25, 0.3) is 0 Å². The average molecular weight is 465 g/mol. The number of carbonyl (C=O) groups is 1. The van der Waals surface area contributed by atoms with Crippen molar-refractivity contribution in [1.82, 2.24) is 10.2 Å². The molecule has 0 radical (unpaired) electrons. The number of nitrogens with one attached hydrogen (secondary N) is 1. The SMILES string of the molecule is CN(C)C1(CNC(=O)c2cc(I)ccc2Br)CCCCC1. The number of likely N-dealkylation sites (N-methyl/N-ethyl adjacent to an activating group) is 1. The first-order valence-corrected chi connectivity index (χ1v) is 9.22. The van der Waals surface area contributed by atoms with E-state index in [2.05, 4.69) is 62.8 Å². The van der Waals surface area contributed by atoms with Crippen molar-refractivity contribution in [3.8, 4) is 0 Å². The summed E-state index contributed by atoms with van der Waals surface area (Å²) in [7, 11) is 4.25. The molecule has 0 aromatic heterocycles. The van der Waals surface area contributed by atoms with Crippen LogP contribution in [-0.2, 0) is 0 Å². The summed E-state index contributed by atoms with van der Waals surface area (Å²) in [5, 5.41) is 3.14. The van der Waals surface area contributed by atoms with Gasteiger partial charge in [0.15, 0.2) is 0 Å². The predicted molar refractivity (Wildman–Crippen MR) is 98.7 cm³/mol. The van der Waals surface area contributed by atoms with Crippen molar-refractivity contribution in [2.45, 2.75) is 37.6 Å². The molecule has 1 aromatic carbocycles. The van der Waals surface area contributed by atoms with Crippen molar-refractivity contribution < 1.29 is 4.79 Å². The van der Waals surface area contributed by atoms with Gasteiger partial charge in [0, 0.05) is 20.1 Å². The van der Waals surface area contributed by atoms with Crippen LogP contribution in [0.2, 0.25) is 0 Å². The summed E-state index contributed by atoms with van der Waals surface area (Å²) in [6.07, 6.45) is 6.13. The molecular weight excluding hydrogens is 443 g/mol. The average Bonchev–Trinajstić information content (AvgIpc) is 2.48. The lowest BCUT2D eigenvalue weighted by Gasteiger charge is -2.43. The van der Waals surface area contributed by atoms with Gasteiger partial charge in [0.05, 0.1) is 5.56 Å². The monoisotopic (exact) mass is 464 g/mol. The van der Waals surface area contributed by atoms with Crippen LogP contribution >= 0.6 is 38.5 Å². The Morgan fingerprint density at radius 1 is 1.33 bits per heavy atom. The summed E-state index contributed by atoms with van der Waals surface area (Å²) in [6.45, 7) is 0.719. The standard InChI is InChI=1S/C16H22BrIN2O/c1-20(2)16(8-4-3-5-9-16)11-19-15(21)13-10-12(18)6-7-14(13)17/h6-7,10H,3-5,8-9,11H2,1-2H3,(H,19,21). The maximum atomic E-state index is 12.5. The lowest BCUT2D eigenvalue weighted by atomic mass is 9.80. The third-order valence-corrected chi connectivity index (χ3v) is 5.85. The molecule has 1 aliphatic carbocycles.